The number of amidine groups is 1. The number of nitrogens with zero attached hydrogens (tertiary/aromatic N) is 1. The average molecular weight is 404 g/mol. The Balaban J connectivity index is 0.00000165. The van der Waals surface area contributed by atoms with Gasteiger partial charge in [-0.2, -0.15) is 0 Å². The molecule has 1 fully saturated rings. The fourth-order valence-electron chi connectivity index (χ4n) is 2.25. The number of carbonyl (C=O) groups is 2. The molecule has 1 aliphatic rings. The maximum atomic E-state index is 11.6. The first kappa shape index (κ1) is 26.0. The summed E-state index contributed by atoms with van der Waals surface area (Å²) in [5.74, 6) is -1.07. The molecule has 0 bridgehead atoms. The molecule has 10 nitrogen and oxygen atoms in total. The normalized spacial score (nSPS) is 16.6. The Hall–Kier alpha value is -2.01. The minimum Gasteiger partial charge on any atom is -0.460 e. The van der Waals surface area contributed by atoms with Crippen molar-refractivity contribution in [2.24, 2.45) is 10.9 Å². The summed E-state index contributed by atoms with van der Waals surface area (Å²) in [5, 5.41) is 12.6. The molecule has 0 aromatic heterocycles. The summed E-state index contributed by atoms with van der Waals surface area (Å²) in [6.45, 7) is 5.63. The highest BCUT2D eigenvalue weighted by atomic mass is 16.7. The molecule has 162 valence electrons. The van der Waals surface area contributed by atoms with E-state index in [1.54, 1.807) is 14.0 Å². The van der Waals surface area contributed by atoms with Crippen molar-refractivity contribution < 1.29 is 38.5 Å². The zero-order chi connectivity index (χ0) is 21.3. The minimum atomic E-state index is -0.807. The van der Waals surface area contributed by atoms with E-state index in [-0.39, 0.29) is 37.8 Å². The van der Waals surface area contributed by atoms with Crippen LogP contribution in [0.1, 0.15) is 33.1 Å². The number of aliphatic hydroxyl groups excluding tert-OH is 1. The molecule has 0 saturated carbocycles. The Morgan fingerprint density at radius 1 is 1.29 bits per heavy atom. The Kier molecular flexibility index (Phi) is 14.8. The van der Waals surface area contributed by atoms with Crippen LogP contribution in [0.4, 0.5) is 0 Å². The number of nitrogens with two attached hydrogens (primary N) is 1. The van der Waals surface area contributed by atoms with Gasteiger partial charge < -0.3 is 34.6 Å². The molecule has 0 aliphatic carbocycles. The van der Waals surface area contributed by atoms with Crippen molar-refractivity contribution in [3.63, 3.8) is 0 Å². The van der Waals surface area contributed by atoms with Gasteiger partial charge in [-0.3, -0.25) is 4.79 Å². The van der Waals surface area contributed by atoms with E-state index < -0.39 is 11.6 Å². The highest BCUT2D eigenvalue weighted by molar-refractivity contribution is 5.90. The molecule has 0 radical (unpaired) electrons. The number of ether oxygens (including phenoxy) is 4. The number of methoxy groups -OCH3 is 1. The number of oxime groups is 1. The second kappa shape index (κ2) is 16.0. The molecule has 1 aliphatic heterocycles. The van der Waals surface area contributed by atoms with Crippen LogP contribution in [0.25, 0.3) is 0 Å². The zero-order valence-corrected chi connectivity index (χ0v) is 16.8. The summed E-state index contributed by atoms with van der Waals surface area (Å²) in [5.41, 5.74) is 5.25. The number of allylic oxidation sites excluding steroid dienone is 1. The fraction of sp³-hybridized carbons (Fsp3) is 0.722. The second-order valence-electron chi connectivity index (χ2n) is 5.68. The van der Waals surface area contributed by atoms with Gasteiger partial charge in [-0.25, -0.2) is 4.79 Å². The van der Waals surface area contributed by atoms with Gasteiger partial charge in [-0.1, -0.05) is 5.16 Å². The van der Waals surface area contributed by atoms with Crippen molar-refractivity contribution in [2.45, 2.75) is 38.7 Å². The maximum absolute atomic E-state index is 11.6. The standard InChI is InChI=1S/C15H24N2O7.C3H8O/c1-2-22-14(20)12(3-6-18)24-17-13(16)11-15(23-10-7-19)4-8-21-9-5-15;1-3-4-2/h3,6,19H,2,4-5,7-11H2,1H3,(H2,16,17);3H2,1-2H3/b12-3+;. The predicted molar refractivity (Wildman–Crippen MR) is 101 cm³/mol. The predicted octanol–water partition coefficient (Wildman–Crippen LogP) is 0.522. The van der Waals surface area contributed by atoms with Gasteiger partial charge in [0.05, 0.1) is 25.4 Å². The van der Waals surface area contributed by atoms with Crippen LogP contribution >= 0.6 is 0 Å². The Morgan fingerprint density at radius 2 is 1.93 bits per heavy atom. The Morgan fingerprint density at radius 3 is 2.43 bits per heavy atom. The summed E-state index contributed by atoms with van der Waals surface area (Å²) in [6.07, 6.45) is 2.73. The number of hydrogen-bond acceptors (Lipinski definition) is 9. The summed E-state index contributed by atoms with van der Waals surface area (Å²) in [7, 11) is 1.68. The lowest BCUT2D eigenvalue weighted by Crippen LogP contribution is -2.43. The minimum absolute atomic E-state index is 0.0935. The van der Waals surface area contributed by atoms with Crippen LogP contribution in [0.3, 0.4) is 0 Å². The van der Waals surface area contributed by atoms with E-state index >= 15 is 0 Å². The highest BCUT2D eigenvalue weighted by Gasteiger charge is 2.34. The SMILES string of the molecule is CCOC.CCOC(=O)/C(=C\C=O)O/N=C(\N)CC1(OCCO)CCOCC1. The Bertz CT molecular complexity index is 500. The van der Waals surface area contributed by atoms with Gasteiger partial charge in [0.1, 0.15) is 12.1 Å². The van der Waals surface area contributed by atoms with Gasteiger partial charge in [-0.15, -0.1) is 0 Å². The van der Waals surface area contributed by atoms with E-state index in [0.29, 0.717) is 32.3 Å². The molecule has 0 atom stereocenters. The Labute approximate surface area is 165 Å². The summed E-state index contributed by atoms with van der Waals surface area (Å²) in [4.78, 5) is 27.1. The maximum Gasteiger partial charge on any atom is 0.377 e. The molecule has 0 aromatic carbocycles. The topological polar surface area (TPSA) is 139 Å². The van der Waals surface area contributed by atoms with Crippen molar-refractivity contribution in [3.05, 3.63) is 11.8 Å². The van der Waals surface area contributed by atoms with E-state index in [1.807, 2.05) is 6.92 Å². The van der Waals surface area contributed by atoms with E-state index in [9.17, 15) is 9.59 Å². The van der Waals surface area contributed by atoms with E-state index in [4.69, 9.17) is 29.9 Å². The number of aliphatic hydroxyl groups is 1. The lowest BCUT2D eigenvalue weighted by Gasteiger charge is -2.36. The molecule has 1 rings (SSSR count). The molecule has 0 aromatic rings. The quantitative estimate of drug-likeness (QED) is 0.0959. The number of aldehydes is 1. The van der Waals surface area contributed by atoms with Gasteiger partial charge in [0.15, 0.2) is 0 Å². The first-order valence-electron chi connectivity index (χ1n) is 9.12. The fourth-order valence-corrected chi connectivity index (χ4v) is 2.25. The van der Waals surface area contributed by atoms with Crippen LogP contribution in [0.2, 0.25) is 0 Å². The van der Waals surface area contributed by atoms with E-state index in [0.717, 1.165) is 12.7 Å². The first-order chi connectivity index (χ1) is 13.5. The van der Waals surface area contributed by atoms with Crippen molar-refractivity contribution in [3.8, 4) is 0 Å². The molecule has 0 spiro atoms. The van der Waals surface area contributed by atoms with Gasteiger partial charge in [-0.05, 0) is 13.8 Å². The molecule has 1 heterocycles. The summed E-state index contributed by atoms with van der Waals surface area (Å²) < 4.78 is 20.3. The van der Waals surface area contributed by atoms with Gasteiger partial charge in [0, 0.05) is 52.3 Å². The van der Waals surface area contributed by atoms with Crippen molar-refractivity contribution in [2.75, 3.05) is 46.8 Å². The molecule has 10 heteroatoms. The third kappa shape index (κ3) is 11.0. The number of esters is 1. The number of carbonyl (C=O) groups excluding carboxylic acids is 2. The van der Waals surface area contributed by atoms with Crippen molar-refractivity contribution in [1.82, 2.24) is 0 Å². The molecular weight excluding hydrogens is 372 g/mol. The van der Waals surface area contributed by atoms with Crippen molar-refractivity contribution in [1.29, 1.82) is 0 Å². The zero-order valence-electron chi connectivity index (χ0n) is 16.8. The van der Waals surface area contributed by atoms with Crippen LogP contribution in [-0.4, -0.2) is 75.5 Å². The lowest BCUT2D eigenvalue weighted by molar-refractivity contribution is -0.142. The van der Waals surface area contributed by atoms with Crippen LogP contribution in [0.5, 0.6) is 0 Å². The highest BCUT2D eigenvalue weighted by Crippen LogP contribution is 2.28. The monoisotopic (exact) mass is 404 g/mol. The van der Waals surface area contributed by atoms with Crippen LogP contribution in [0, 0.1) is 0 Å². The van der Waals surface area contributed by atoms with Gasteiger partial charge in [0.25, 0.3) is 0 Å². The molecule has 0 unspecified atom stereocenters. The summed E-state index contributed by atoms with van der Waals surface area (Å²) in [6, 6.07) is 0. The molecule has 28 heavy (non-hydrogen) atoms. The third-order valence-corrected chi connectivity index (χ3v) is 3.65. The smallest absolute Gasteiger partial charge is 0.377 e. The van der Waals surface area contributed by atoms with Gasteiger partial charge >= 0.3 is 5.97 Å². The summed E-state index contributed by atoms with van der Waals surface area (Å²) >= 11 is 0. The molecule has 3 N–H and O–H groups in total. The van der Waals surface area contributed by atoms with Crippen LogP contribution < -0.4 is 5.73 Å². The molecule has 0 amide bonds. The number of hydrogen-bond donors (Lipinski definition) is 2. The third-order valence-electron chi connectivity index (χ3n) is 3.65. The number of rotatable bonds is 11. The largest absolute Gasteiger partial charge is 0.460 e. The molecular formula is C18H32N2O8. The van der Waals surface area contributed by atoms with Crippen LogP contribution in [0.15, 0.2) is 17.0 Å². The van der Waals surface area contributed by atoms with Crippen molar-refractivity contribution >= 4 is 18.1 Å². The van der Waals surface area contributed by atoms with Gasteiger partial charge in [0.2, 0.25) is 5.76 Å². The first-order valence-corrected chi connectivity index (χ1v) is 9.12. The lowest BCUT2D eigenvalue weighted by atomic mass is 9.90. The average Bonchev–Trinajstić information content (AvgIpc) is 2.70. The molecule has 1 saturated heterocycles. The van der Waals surface area contributed by atoms with Crippen LogP contribution in [-0.2, 0) is 33.4 Å². The van der Waals surface area contributed by atoms with E-state index in [2.05, 4.69) is 9.89 Å². The second-order valence-corrected chi connectivity index (χ2v) is 5.68. The van der Waals surface area contributed by atoms with E-state index in [1.165, 1.54) is 0 Å².